The quantitative estimate of drug-likeness (QED) is 0.663. The van der Waals surface area contributed by atoms with Gasteiger partial charge in [0.15, 0.2) is 0 Å². The molecule has 104 valence electrons. The van der Waals surface area contributed by atoms with Crippen LogP contribution in [0.2, 0.25) is 10.0 Å². The van der Waals surface area contributed by atoms with E-state index in [1.165, 1.54) is 18.4 Å². The number of anilines is 1. The first-order valence-corrected chi connectivity index (χ1v) is 8.15. The fourth-order valence-corrected chi connectivity index (χ4v) is 2.96. The number of benzene rings is 2. The van der Waals surface area contributed by atoms with Gasteiger partial charge in [0.05, 0.1) is 11.1 Å². The highest BCUT2D eigenvalue weighted by Gasteiger charge is 2.32. The van der Waals surface area contributed by atoms with Crippen molar-refractivity contribution in [3.8, 4) is 0 Å². The smallest absolute Gasteiger partial charge is 0.0549 e. The molecule has 1 aliphatic carbocycles. The van der Waals surface area contributed by atoms with Crippen molar-refractivity contribution in [1.29, 1.82) is 0 Å². The molecule has 0 radical (unpaired) electrons. The summed E-state index contributed by atoms with van der Waals surface area (Å²) in [5, 5.41) is 5.12. The number of halogens is 3. The molecule has 1 unspecified atom stereocenters. The summed E-state index contributed by atoms with van der Waals surface area (Å²) in [5.74, 6) is 0.700. The van der Waals surface area contributed by atoms with Gasteiger partial charge < -0.3 is 5.32 Å². The van der Waals surface area contributed by atoms with Crippen LogP contribution in [0.3, 0.4) is 0 Å². The average molecular weight is 371 g/mol. The number of rotatable bonds is 4. The molecule has 0 aliphatic heterocycles. The van der Waals surface area contributed by atoms with Gasteiger partial charge in [-0.2, -0.15) is 0 Å². The second-order valence-electron chi connectivity index (χ2n) is 5.14. The van der Waals surface area contributed by atoms with Gasteiger partial charge in [0, 0.05) is 15.2 Å². The van der Waals surface area contributed by atoms with Gasteiger partial charge in [0.1, 0.15) is 0 Å². The van der Waals surface area contributed by atoms with Crippen LogP contribution >= 0.6 is 39.1 Å². The first-order valence-electron chi connectivity index (χ1n) is 6.60. The highest BCUT2D eigenvalue weighted by molar-refractivity contribution is 9.10. The highest BCUT2D eigenvalue weighted by atomic mass is 79.9. The molecule has 1 nitrogen and oxygen atoms in total. The van der Waals surface area contributed by atoms with Gasteiger partial charge in [-0.15, -0.1) is 0 Å². The van der Waals surface area contributed by atoms with Crippen molar-refractivity contribution in [3.05, 3.63) is 62.5 Å². The Labute approximate surface area is 137 Å². The van der Waals surface area contributed by atoms with Crippen molar-refractivity contribution in [1.82, 2.24) is 0 Å². The van der Waals surface area contributed by atoms with Crippen molar-refractivity contribution < 1.29 is 0 Å². The maximum absolute atomic E-state index is 6.04. The molecule has 0 amide bonds. The van der Waals surface area contributed by atoms with E-state index in [9.17, 15) is 0 Å². The van der Waals surface area contributed by atoms with Crippen molar-refractivity contribution in [2.24, 2.45) is 5.92 Å². The fourth-order valence-electron chi connectivity index (χ4n) is 2.34. The Morgan fingerprint density at radius 1 is 1.05 bits per heavy atom. The summed E-state index contributed by atoms with van der Waals surface area (Å²) in [6.07, 6.45) is 2.55. The first kappa shape index (κ1) is 14.2. The molecule has 1 atom stereocenters. The summed E-state index contributed by atoms with van der Waals surface area (Å²) in [5.41, 5.74) is 2.36. The predicted molar refractivity (Wildman–Crippen MR) is 89.7 cm³/mol. The van der Waals surface area contributed by atoms with E-state index >= 15 is 0 Å². The Hall–Kier alpha value is -0.700. The Balaban J connectivity index is 1.84. The molecule has 0 bridgehead atoms. The van der Waals surface area contributed by atoms with Gasteiger partial charge in [0.25, 0.3) is 0 Å². The molecule has 2 aromatic carbocycles. The summed E-state index contributed by atoms with van der Waals surface area (Å²) in [6, 6.07) is 14.4. The highest BCUT2D eigenvalue weighted by Crippen LogP contribution is 2.43. The van der Waals surface area contributed by atoms with Gasteiger partial charge in [-0.25, -0.2) is 0 Å². The van der Waals surface area contributed by atoms with Crippen LogP contribution in [0.25, 0.3) is 0 Å². The number of hydrogen-bond donors (Lipinski definition) is 1. The van der Waals surface area contributed by atoms with E-state index in [1.807, 2.05) is 30.3 Å². The topological polar surface area (TPSA) is 12.0 Å². The normalized spacial score (nSPS) is 15.9. The molecule has 1 aliphatic rings. The molecule has 1 N–H and O–H groups in total. The summed E-state index contributed by atoms with van der Waals surface area (Å²) < 4.78 is 0.912. The van der Waals surface area contributed by atoms with Crippen molar-refractivity contribution in [2.75, 3.05) is 5.32 Å². The van der Waals surface area contributed by atoms with Crippen LogP contribution in [-0.4, -0.2) is 0 Å². The second-order valence-corrected chi connectivity index (χ2v) is 6.84. The van der Waals surface area contributed by atoms with Gasteiger partial charge in [-0.1, -0.05) is 35.3 Å². The third kappa shape index (κ3) is 3.30. The van der Waals surface area contributed by atoms with E-state index in [4.69, 9.17) is 23.2 Å². The Morgan fingerprint density at radius 2 is 1.75 bits per heavy atom. The third-order valence-electron chi connectivity index (χ3n) is 3.56. The standard InChI is InChI=1S/C16H14BrCl2N/c17-14-9-13(7-8-15(14)19)20-16(10-1-2-10)11-3-5-12(18)6-4-11/h3-10,16,20H,1-2H2. The largest absolute Gasteiger partial charge is 0.378 e. The Morgan fingerprint density at radius 3 is 2.35 bits per heavy atom. The molecule has 0 saturated heterocycles. The van der Waals surface area contributed by atoms with Gasteiger partial charge >= 0.3 is 0 Å². The molecule has 3 rings (SSSR count). The molecule has 20 heavy (non-hydrogen) atoms. The molecular formula is C16H14BrCl2N. The van der Waals surface area contributed by atoms with E-state index < -0.39 is 0 Å². The molecular weight excluding hydrogens is 357 g/mol. The van der Waals surface area contributed by atoms with E-state index in [0.717, 1.165) is 20.2 Å². The van der Waals surface area contributed by atoms with Crippen LogP contribution in [0, 0.1) is 5.92 Å². The molecule has 4 heteroatoms. The lowest BCUT2D eigenvalue weighted by atomic mass is 10.0. The fraction of sp³-hybridized carbons (Fsp3) is 0.250. The summed E-state index contributed by atoms with van der Waals surface area (Å²) in [7, 11) is 0. The van der Waals surface area contributed by atoms with Crippen molar-refractivity contribution in [2.45, 2.75) is 18.9 Å². The van der Waals surface area contributed by atoms with Crippen LogP contribution < -0.4 is 5.32 Å². The second kappa shape index (κ2) is 5.97. The van der Waals surface area contributed by atoms with Gasteiger partial charge in [-0.3, -0.25) is 0 Å². The minimum atomic E-state index is 0.334. The summed E-state index contributed by atoms with van der Waals surface area (Å²) in [6.45, 7) is 0. The predicted octanol–water partition coefficient (Wildman–Crippen LogP) is 6.32. The van der Waals surface area contributed by atoms with Crippen molar-refractivity contribution >= 4 is 44.8 Å². The lowest BCUT2D eigenvalue weighted by Gasteiger charge is -2.20. The zero-order chi connectivity index (χ0) is 14.1. The van der Waals surface area contributed by atoms with Gasteiger partial charge in [-0.05, 0) is 70.6 Å². The Bertz CT molecular complexity index is 608. The van der Waals surface area contributed by atoms with E-state index in [1.54, 1.807) is 0 Å². The SMILES string of the molecule is Clc1ccc(C(Nc2ccc(Cl)c(Br)c2)C2CC2)cc1. The zero-order valence-corrected chi connectivity index (χ0v) is 13.8. The molecule has 1 fully saturated rings. The molecule has 2 aromatic rings. The zero-order valence-electron chi connectivity index (χ0n) is 10.7. The monoisotopic (exact) mass is 369 g/mol. The Kier molecular flexibility index (Phi) is 4.25. The lowest BCUT2D eigenvalue weighted by molar-refractivity contribution is 0.679. The summed E-state index contributed by atoms with van der Waals surface area (Å²) >= 11 is 15.5. The first-order chi connectivity index (χ1) is 9.63. The average Bonchev–Trinajstić information content (AvgIpc) is 3.26. The van der Waals surface area contributed by atoms with Crippen LogP contribution in [0.4, 0.5) is 5.69 Å². The minimum absolute atomic E-state index is 0.334. The molecule has 0 spiro atoms. The molecule has 0 heterocycles. The molecule has 0 aromatic heterocycles. The van der Waals surface area contributed by atoms with Crippen molar-refractivity contribution in [3.63, 3.8) is 0 Å². The van der Waals surface area contributed by atoms with E-state index in [2.05, 4.69) is 33.4 Å². The maximum Gasteiger partial charge on any atom is 0.0549 e. The van der Waals surface area contributed by atoms with Gasteiger partial charge in [0.2, 0.25) is 0 Å². The van der Waals surface area contributed by atoms with Crippen LogP contribution in [0.15, 0.2) is 46.9 Å². The minimum Gasteiger partial charge on any atom is -0.378 e. The number of hydrogen-bond acceptors (Lipinski definition) is 1. The van der Waals surface area contributed by atoms with E-state index in [0.29, 0.717) is 12.0 Å². The molecule has 1 saturated carbocycles. The van der Waals surface area contributed by atoms with Crippen LogP contribution in [-0.2, 0) is 0 Å². The lowest BCUT2D eigenvalue weighted by Crippen LogP contribution is -2.12. The van der Waals surface area contributed by atoms with E-state index in [-0.39, 0.29) is 0 Å². The maximum atomic E-state index is 6.04. The van der Waals surface area contributed by atoms with Crippen LogP contribution in [0.5, 0.6) is 0 Å². The third-order valence-corrected chi connectivity index (χ3v) is 5.03. The van der Waals surface area contributed by atoms with Crippen LogP contribution in [0.1, 0.15) is 24.4 Å². The number of nitrogens with one attached hydrogen (secondary N) is 1. The summed E-state index contributed by atoms with van der Waals surface area (Å²) in [4.78, 5) is 0.